The van der Waals surface area contributed by atoms with Gasteiger partial charge in [-0.25, -0.2) is 4.79 Å². The Bertz CT molecular complexity index is 1070. The molecule has 2 amide bonds. The number of allylic oxidation sites excluding steroid dienone is 11. The SMILES string of the molecule is CCCCCCC(CCC=CC=CC=CC=CC=CC=CC(=O)O)N[C@@H](CCC(=O)N[C@@H](CS)C(=O)NCC(=O)O)C(=O)O. The summed E-state index contributed by atoms with van der Waals surface area (Å²) in [5.74, 6) is -4.52. The van der Waals surface area contributed by atoms with Gasteiger partial charge in [-0.1, -0.05) is 99.4 Å². The molecule has 11 nitrogen and oxygen atoms in total. The predicted octanol–water partition coefficient (Wildman–Crippen LogP) is 3.97. The molecule has 244 valence electrons. The molecule has 0 spiro atoms. The Morgan fingerprint density at radius 2 is 1.36 bits per heavy atom. The van der Waals surface area contributed by atoms with E-state index in [1.54, 1.807) is 18.2 Å². The second-order valence-corrected chi connectivity index (χ2v) is 10.2. The first-order valence-electron chi connectivity index (χ1n) is 14.7. The first kappa shape index (κ1) is 40.1. The molecule has 0 saturated carbocycles. The van der Waals surface area contributed by atoms with Crippen LogP contribution in [0, 0.1) is 0 Å². The third-order valence-corrected chi connectivity index (χ3v) is 6.47. The van der Waals surface area contributed by atoms with Gasteiger partial charge in [-0.05, 0) is 25.7 Å². The van der Waals surface area contributed by atoms with E-state index >= 15 is 0 Å². The van der Waals surface area contributed by atoms with Crippen molar-refractivity contribution in [1.29, 1.82) is 0 Å². The van der Waals surface area contributed by atoms with E-state index in [-0.39, 0.29) is 24.6 Å². The van der Waals surface area contributed by atoms with Crippen LogP contribution in [0.2, 0.25) is 0 Å². The maximum Gasteiger partial charge on any atom is 0.328 e. The van der Waals surface area contributed by atoms with Crippen molar-refractivity contribution in [2.75, 3.05) is 12.3 Å². The summed E-state index contributed by atoms with van der Waals surface area (Å²) in [4.78, 5) is 57.5. The van der Waals surface area contributed by atoms with Crippen LogP contribution in [0.4, 0.5) is 0 Å². The van der Waals surface area contributed by atoms with Gasteiger partial charge in [0.1, 0.15) is 18.6 Å². The van der Waals surface area contributed by atoms with Crippen LogP contribution in [-0.4, -0.2) is 75.5 Å². The molecule has 0 fully saturated rings. The van der Waals surface area contributed by atoms with Crippen LogP contribution in [0.5, 0.6) is 0 Å². The third kappa shape index (κ3) is 23.6. The van der Waals surface area contributed by atoms with Gasteiger partial charge in [0.15, 0.2) is 0 Å². The minimum Gasteiger partial charge on any atom is -0.480 e. The molecule has 0 aromatic carbocycles. The fourth-order valence-corrected chi connectivity index (χ4v) is 4.09. The highest BCUT2D eigenvalue weighted by Gasteiger charge is 2.24. The number of aliphatic carboxylic acids is 3. The molecule has 0 bridgehead atoms. The van der Waals surface area contributed by atoms with E-state index in [2.05, 4.69) is 35.5 Å². The van der Waals surface area contributed by atoms with Gasteiger partial charge in [-0.15, -0.1) is 0 Å². The van der Waals surface area contributed by atoms with Crippen molar-refractivity contribution >= 4 is 42.4 Å². The van der Waals surface area contributed by atoms with Crippen LogP contribution in [0.25, 0.3) is 0 Å². The Kier molecular flexibility index (Phi) is 24.3. The average molecular weight is 634 g/mol. The Morgan fingerprint density at radius 1 is 0.750 bits per heavy atom. The van der Waals surface area contributed by atoms with Crippen molar-refractivity contribution in [3.63, 3.8) is 0 Å². The molecule has 0 saturated heterocycles. The maximum atomic E-state index is 12.4. The molecular formula is C32H47N3O8S. The van der Waals surface area contributed by atoms with Crippen molar-refractivity contribution in [1.82, 2.24) is 16.0 Å². The number of rotatable bonds is 25. The molecule has 0 aliphatic heterocycles. The van der Waals surface area contributed by atoms with E-state index < -0.39 is 48.4 Å². The molecule has 0 aliphatic rings. The lowest BCUT2D eigenvalue weighted by Crippen LogP contribution is -2.49. The van der Waals surface area contributed by atoms with Crippen LogP contribution in [0.15, 0.2) is 72.9 Å². The van der Waals surface area contributed by atoms with Crippen molar-refractivity contribution in [3.05, 3.63) is 72.9 Å². The highest BCUT2D eigenvalue weighted by atomic mass is 32.1. The quantitative estimate of drug-likeness (QED) is 0.0339. The maximum absolute atomic E-state index is 12.4. The molecule has 0 aromatic rings. The van der Waals surface area contributed by atoms with E-state index in [0.29, 0.717) is 0 Å². The normalized spacial score (nSPS) is 14.2. The van der Waals surface area contributed by atoms with Crippen molar-refractivity contribution < 1.29 is 39.3 Å². The summed E-state index contributed by atoms with van der Waals surface area (Å²) in [6, 6.07) is -2.03. The summed E-state index contributed by atoms with van der Waals surface area (Å²) in [6.07, 6.45) is 27.2. The predicted molar refractivity (Wildman–Crippen MR) is 174 cm³/mol. The summed E-state index contributed by atoms with van der Waals surface area (Å²) < 4.78 is 0. The zero-order valence-electron chi connectivity index (χ0n) is 25.3. The zero-order valence-corrected chi connectivity index (χ0v) is 26.2. The monoisotopic (exact) mass is 633 g/mol. The topological polar surface area (TPSA) is 182 Å². The van der Waals surface area contributed by atoms with Gasteiger partial charge in [-0.3, -0.25) is 19.2 Å². The first-order valence-corrected chi connectivity index (χ1v) is 15.3. The van der Waals surface area contributed by atoms with E-state index in [1.165, 1.54) is 6.08 Å². The lowest BCUT2D eigenvalue weighted by Gasteiger charge is -2.23. The molecule has 0 radical (unpaired) electrons. The van der Waals surface area contributed by atoms with Gasteiger partial charge in [0.2, 0.25) is 11.8 Å². The van der Waals surface area contributed by atoms with Gasteiger partial charge < -0.3 is 31.3 Å². The largest absolute Gasteiger partial charge is 0.480 e. The summed E-state index contributed by atoms with van der Waals surface area (Å²) >= 11 is 4.04. The highest BCUT2D eigenvalue weighted by Crippen LogP contribution is 2.13. The molecule has 0 aliphatic carbocycles. The third-order valence-electron chi connectivity index (χ3n) is 6.11. The smallest absolute Gasteiger partial charge is 0.328 e. The van der Waals surface area contributed by atoms with E-state index in [9.17, 15) is 29.1 Å². The highest BCUT2D eigenvalue weighted by molar-refractivity contribution is 7.80. The zero-order chi connectivity index (χ0) is 33.0. The Labute approximate surface area is 265 Å². The van der Waals surface area contributed by atoms with Crippen LogP contribution >= 0.6 is 12.6 Å². The van der Waals surface area contributed by atoms with Gasteiger partial charge in [0, 0.05) is 24.3 Å². The summed E-state index contributed by atoms with van der Waals surface area (Å²) in [7, 11) is 0. The lowest BCUT2D eigenvalue weighted by molar-refractivity contribution is -0.140. The number of amides is 2. The fourth-order valence-electron chi connectivity index (χ4n) is 3.84. The van der Waals surface area contributed by atoms with Crippen LogP contribution in [-0.2, 0) is 24.0 Å². The second kappa shape index (κ2) is 26.7. The molecule has 44 heavy (non-hydrogen) atoms. The number of nitrogens with one attached hydrogen (secondary N) is 3. The molecule has 0 aromatic heterocycles. The Hall–Kier alpha value is -3.90. The molecular weight excluding hydrogens is 586 g/mol. The number of carbonyl (C=O) groups excluding carboxylic acids is 2. The summed E-state index contributed by atoms with van der Waals surface area (Å²) in [5, 5.41) is 34.9. The second-order valence-electron chi connectivity index (χ2n) is 9.80. The van der Waals surface area contributed by atoms with Crippen LogP contribution in [0.1, 0.15) is 64.7 Å². The Balaban J connectivity index is 4.91. The average Bonchev–Trinajstić information content (AvgIpc) is 2.98. The van der Waals surface area contributed by atoms with Gasteiger partial charge in [-0.2, -0.15) is 12.6 Å². The van der Waals surface area contributed by atoms with E-state index in [4.69, 9.17) is 10.2 Å². The number of carboxylic acid groups (broad SMARTS) is 3. The number of carboxylic acids is 3. The Morgan fingerprint density at radius 3 is 1.91 bits per heavy atom. The summed E-state index contributed by atoms with van der Waals surface area (Å²) in [5.41, 5.74) is 0. The molecule has 1 unspecified atom stereocenters. The van der Waals surface area contributed by atoms with Crippen molar-refractivity contribution in [2.24, 2.45) is 0 Å². The molecule has 0 heterocycles. The first-order chi connectivity index (χ1) is 21.1. The van der Waals surface area contributed by atoms with Crippen LogP contribution < -0.4 is 16.0 Å². The van der Waals surface area contributed by atoms with Gasteiger partial charge in [0.05, 0.1) is 0 Å². The van der Waals surface area contributed by atoms with Crippen molar-refractivity contribution in [2.45, 2.75) is 82.8 Å². The number of unbranched alkanes of at least 4 members (excludes halogenated alkanes) is 3. The fraction of sp³-hybridized carbons (Fsp3) is 0.469. The van der Waals surface area contributed by atoms with Gasteiger partial charge >= 0.3 is 17.9 Å². The molecule has 6 N–H and O–H groups in total. The van der Waals surface area contributed by atoms with Crippen LogP contribution in [0.3, 0.4) is 0 Å². The standard InChI is InChI=1S/C32H47N3O8S/c1-2-3-4-15-18-25(19-16-13-11-9-7-5-6-8-10-12-14-17-20-29(37)38)34-26(32(42)43)21-22-28(36)35-27(24-44)31(41)33-23-30(39)40/h5-14,17,20,25-27,34,44H,2-4,15-16,18-19,21-24H2,1H3,(H,33,41)(H,35,36)(H,37,38)(H,39,40)(H,42,43)/t25?,26-,27-/m0/s1. The lowest BCUT2D eigenvalue weighted by atomic mass is 10.0. The number of hydrogen-bond acceptors (Lipinski definition) is 7. The number of thiol groups is 1. The van der Waals surface area contributed by atoms with Gasteiger partial charge in [0.25, 0.3) is 0 Å². The molecule has 3 atom stereocenters. The number of carbonyl (C=O) groups is 5. The minimum absolute atomic E-state index is 0.0247. The molecule has 0 rings (SSSR count). The van der Waals surface area contributed by atoms with E-state index in [0.717, 1.165) is 51.0 Å². The molecule has 12 heteroatoms. The minimum atomic E-state index is -1.22. The van der Waals surface area contributed by atoms with E-state index in [1.807, 2.05) is 42.5 Å². The van der Waals surface area contributed by atoms with Crippen molar-refractivity contribution in [3.8, 4) is 0 Å². The number of hydrogen-bond donors (Lipinski definition) is 7. The summed E-state index contributed by atoms with van der Waals surface area (Å²) in [6.45, 7) is 1.54.